The average molecular weight is 271 g/mol. The number of carbonyl (C=O) groups excluding carboxylic acids is 1. The van der Waals surface area contributed by atoms with E-state index < -0.39 is 6.10 Å². The lowest BCUT2D eigenvalue weighted by Crippen LogP contribution is -2.40. The van der Waals surface area contributed by atoms with Gasteiger partial charge in [-0.25, -0.2) is 0 Å². The third kappa shape index (κ3) is 4.11. The van der Waals surface area contributed by atoms with Gasteiger partial charge in [-0.15, -0.1) is 0 Å². The smallest absolute Gasteiger partial charge is 0.260 e. The molecule has 2 unspecified atom stereocenters. The van der Waals surface area contributed by atoms with Crippen LogP contribution in [0.4, 0.5) is 5.69 Å². The van der Waals surface area contributed by atoms with E-state index in [-0.39, 0.29) is 11.9 Å². The van der Waals surface area contributed by atoms with Crippen molar-refractivity contribution >= 4 is 23.2 Å². The van der Waals surface area contributed by atoms with E-state index in [0.29, 0.717) is 16.5 Å². The molecule has 0 radical (unpaired) electrons. The maximum atomic E-state index is 11.8. The summed E-state index contributed by atoms with van der Waals surface area (Å²) < 4.78 is 5.51. The third-order valence-corrected chi connectivity index (χ3v) is 2.98. The van der Waals surface area contributed by atoms with Crippen LogP contribution in [0.25, 0.3) is 0 Å². The maximum absolute atomic E-state index is 11.8. The number of anilines is 1. The van der Waals surface area contributed by atoms with E-state index in [1.165, 1.54) is 0 Å². The van der Waals surface area contributed by atoms with Gasteiger partial charge in [-0.05, 0) is 32.4 Å². The lowest BCUT2D eigenvalue weighted by atomic mass is 10.2. The summed E-state index contributed by atoms with van der Waals surface area (Å²) in [6.07, 6.45) is 0.310. The van der Waals surface area contributed by atoms with Crippen molar-refractivity contribution in [1.82, 2.24) is 5.32 Å². The van der Waals surface area contributed by atoms with Crippen LogP contribution in [-0.4, -0.2) is 18.1 Å². The van der Waals surface area contributed by atoms with E-state index in [9.17, 15) is 4.79 Å². The standard InChI is InChI=1S/C13H19ClN2O2/c1-4-8(2)16-13(17)9(3)18-10-5-6-12(15)11(14)7-10/h5-9H,4,15H2,1-3H3,(H,16,17). The van der Waals surface area contributed by atoms with Crippen molar-refractivity contribution in [3.8, 4) is 5.75 Å². The predicted octanol–water partition coefficient (Wildman–Crippen LogP) is 2.60. The van der Waals surface area contributed by atoms with E-state index in [0.717, 1.165) is 6.42 Å². The Labute approximate surface area is 112 Å². The number of halogens is 1. The van der Waals surface area contributed by atoms with E-state index in [4.69, 9.17) is 22.1 Å². The van der Waals surface area contributed by atoms with Crippen LogP contribution >= 0.6 is 11.6 Å². The van der Waals surface area contributed by atoms with E-state index in [1.54, 1.807) is 25.1 Å². The zero-order valence-electron chi connectivity index (χ0n) is 10.9. The Balaban J connectivity index is 2.60. The predicted molar refractivity (Wildman–Crippen MR) is 73.9 cm³/mol. The minimum absolute atomic E-state index is 0.138. The van der Waals surface area contributed by atoms with Gasteiger partial charge in [0.1, 0.15) is 5.75 Å². The Bertz CT molecular complexity index is 423. The summed E-state index contributed by atoms with van der Waals surface area (Å²) in [5.74, 6) is 0.387. The molecule has 3 N–H and O–H groups in total. The lowest BCUT2D eigenvalue weighted by molar-refractivity contribution is -0.127. The van der Waals surface area contributed by atoms with Crippen LogP contribution in [0.15, 0.2) is 18.2 Å². The third-order valence-electron chi connectivity index (χ3n) is 2.66. The second kappa shape index (κ2) is 6.50. The number of rotatable bonds is 5. The number of nitrogens with one attached hydrogen (secondary N) is 1. The van der Waals surface area contributed by atoms with Gasteiger partial charge in [0, 0.05) is 12.1 Å². The summed E-state index contributed by atoms with van der Waals surface area (Å²) in [4.78, 5) is 11.8. The minimum atomic E-state index is -0.571. The van der Waals surface area contributed by atoms with Crippen molar-refractivity contribution in [2.45, 2.75) is 39.3 Å². The van der Waals surface area contributed by atoms with Gasteiger partial charge in [0.05, 0.1) is 10.7 Å². The van der Waals surface area contributed by atoms with Crippen molar-refractivity contribution in [1.29, 1.82) is 0 Å². The highest BCUT2D eigenvalue weighted by atomic mass is 35.5. The molecule has 0 aliphatic carbocycles. The van der Waals surface area contributed by atoms with Crippen molar-refractivity contribution in [3.05, 3.63) is 23.2 Å². The topological polar surface area (TPSA) is 64.3 Å². The molecular formula is C13H19ClN2O2. The van der Waals surface area contributed by atoms with Gasteiger partial charge in [0.15, 0.2) is 6.10 Å². The molecule has 0 aliphatic heterocycles. The quantitative estimate of drug-likeness (QED) is 0.809. The molecule has 18 heavy (non-hydrogen) atoms. The molecule has 0 bridgehead atoms. The molecule has 2 atom stereocenters. The highest BCUT2D eigenvalue weighted by Crippen LogP contribution is 2.24. The molecule has 0 aliphatic rings. The van der Waals surface area contributed by atoms with Gasteiger partial charge in [-0.2, -0.15) is 0 Å². The maximum Gasteiger partial charge on any atom is 0.260 e. The molecule has 1 aromatic carbocycles. The summed E-state index contributed by atoms with van der Waals surface area (Å²) in [5.41, 5.74) is 6.08. The lowest BCUT2D eigenvalue weighted by Gasteiger charge is -2.18. The molecule has 0 saturated heterocycles. The first-order chi connectivity index (χ1) is 8.43. The molecule has 5 heteroatoms. The van der Waals surface area contributed by atoms with Crippen molar-refractivity contribution in [2.24, 2.45) is 0 Å². The fourth-order valence-electron chi connectivity index (χ4n) is 1.30. The summed E-state index contributed by atoms with van der Waals surface area (Å²) in [6.45, 7) is 5.66. The Morgan fingerprint density at radius 1 is 1.50 bits per heavy atom. The highest BCUT2D eigenvalue weighted by Gasteiger charge is 2.16. The second-order valence-corrected chi connectivity index (χ2v) is 4.67. The van der Waals surface area contributed by atoms with Gasteiger partial charge in [0.25, 0.3) is 5.91 Å². The summed E-state index contributed by atoms with van der Waals surface area (Å²) in [7, 11) is 0. The first-order valence-corrected chi connectivity index (χ1v) is 6.34. The molecule has 0 aromatic heterocycles. The molecule has 4 nitrogen and oxygen atoms in total. The van der Waals surface area contributed by atoms with Crippen molar-refractivity contribution in [3.63, 3.8) is 0 Å². The van der Waals surface area contributed by atoms with Crippen LogP contribution in [0.2, 0.25) is 5.02 Å². The van der Waals surface area contributed by atoms with E-state index >= 15 is 0 Å². The number of amides is 1. The van der Waals surface area contributed by atoms with Gasteiger partial charge in [-0.3, -0.25) is 4.79 Å². The Morgan fingerprint density at radius 2 is 2.17 bits per heavy atom. The molecular weight excluding hydrogens is 252 g/mol. The molecule has 1 amide bonds. The van der Waals surface area contributed by atoms with Gasteiger partial charge in [-0.1, -0.05) is 18.5 Å². The average Bonchev–Trinajstić information content (AvgIpc) is 2.33. The molecule has 100 valence electrons. The second-order valence-electron chi connectivity index (χ2n) is 4.26. The number of benzene rings is 1. The zero-order valence-corrected chi connectivity index (χ0v) is 11.6. The molecule has 1 rings (SSSR count). The number of nitrogens with two attached hydrogens (primary N) is 1. The Hall–Kier alpha value is -1.42. The zero-order chi connectivity index (χ0) is 13.7. The number of hydrogen-bond donors (Lipinski definition) is 2. The van der Waals surface area contributed by atoms with Crippen molar-refractivity contribution in [2.75, 3.05) is 5.73 Å². The largest absolute Gasteiger partial charge is 0.481 e. The molecule has 0 saturated carbocycles. The van der Waals surface area contributed by atoms with Crippen LogP contribution in [0.1, 0.15) is 27.2 Å². The molecule has 0 spiro atoms. The van der Waals surface area contributed by atoms with Crippen LogP contribution in [0.5, 0.6) is 5.75 Å². The fourth-order valence-corrected chi connectivity index (χ4v) is 1.47. The van der Waals surface area contributed by atoms with E-state index in [2.05, 4.69) is 5.32 Å². The van der Waals surface area contributed by atoms with Gasteiger partial charge < -0.3 is 15.8 Å². The summed E-state index contributed by atoms with van der Waals surface area (Å²) in [6, 6.07) is 5.08. The van der Waals surface area contributed by atoms with Crippen LogP contribution in [-0.2, 0) is 4.79 Å². The number of carbonyl (C=O) groups is 1. The fraction of sp³-hybridized carbons (Fsp3) is 0.462. The first kappa shape index (κ1) is 14.6. The number of nitrogen functional groups attached to an aromatic ring is 1. The SMILES string of the molecule is CCC(C)NC(=O)C(C)Oc1ccc(N)c(Cl)c1. The highest BCUT2D eigenvalue weighted by molar-refractivity contribution is 6.33. The van der Waals surface area contributed by atoms with E-state index in [1.807, 2.05) is 13.8 Å². The normalized spacial score (nSPS) is 13.8. The molecule has 0 heterocycles. The monoisotopic (exact) mass is 270 g/mol. The van der Waals surface area contributed by atoms with Crippen LogP contribution in [0, 0.1) is 0 Å². The summed E-state index contributed by atoms with van der Waals surface area (Å²) >= 11 is 5.88. The minimum Gasteiger partial charge on any atom is -0.481 e. The molecule has 0 fully saturated rings. The van der Waals surface area contributed by atoms with Gasteiger partial charge in [0.2, 0.25) is 0 Å². The van der Waals surface area contributed by atoms with Crippen LogP contribution < -0.4 is 15.8 Å². The van der Waals surface area contributed by atoms with Crippen molar-refractivity contribution < 1.29 is 9.53 Å². The first-order valence-electron chi connectivity index (χ1n) is 5.96. The Kier molecular flexibility index (Phi) is 5.28. The number of ether oxygens (including phenoxy) is 1. The molecule has 1 aromatic rings. The van der Waals surface area contributed by atoms with Gasteiger partial charge >= 0.3 is 0 Å². The summed E-state index contributed by atoms with van der Waals surface area (Å²) in [5, 5.41) is 3.27. The number of hydrogen-bond acceptors (Lipinski definition) is 3. The Morgan fingerprint density at radius 3 is 2.72 bits per heavy atom. The van der Waals surface area contributed by atoms with Crippen LogP contribution in [0.3, 0.4) is 0 Å².